The number of aromatic carboxylic acids is 1. The molecule has 5 heteroatoms. The van der Waals surface area contributed by atoms with Gasteiger partial charge in [-0.1, -0.05) is 12.1 Å². The minimum Gasteiger partial charge on any atom is -0.478 e. The molecule has 0 fully saturated rings. The second-order valence-corrected chi connectivity index (χ2v) is 4.05. The summed E-state index contributed by atoms with van der Waals surface area (Å²) in [5.74, 6) is -0.899. The molecular formula is C13H15N3O2. The molecule has 18 heavy (non-hydrogen) atoms. The molecule has 0 atom stereocenters. The molecule has 1 heterocycles. The fourth-order valence-corrected chi connectivity index (χ4v) is 1.67. The van der Waals surface area contributed by atoms with Crippen molar-refractivity contribution in [2.45, 2.75) is 13.1 Å². The number of rotatable bonds is 5. The standard InChI is InChI=1S/C13H15N3O2/c1-16-12(6-7-15-16)9-14-8-10-2-4-11(5-3-10)13(17)18/h2-7,14H,8-9H2,1H3,(H,17,18). The second-order valence-electron chi connectivity index (χ2n) is 4.05. The molecule has 0 spiro atoms. The lowest BCUT2D eigenvalue weighted by atomic mass is 10.1. The molecule has 5 nitrogen and oxygen atoms in total. The molecule has 0 aliphatic heterocycles. The Balaban J connectivity index is 1.87. The van der Waals surface area contributed by atoms with Crippen molar-refractivity contribution < 1.29 is 9.90 Å². The molecule has 94 valence electrons. The molecule has 0 bridgehead atoms. The van der Waals surface area contributed by atoms with Crippen LogP contribution in [0.2, 0.25) is 0 Å². The van der Waals surface area contributed by atoms with E-state index >= 15 is 0 Å². The van der Waals surface area contributed by atoms with Gasteiger partial charge in [0.1, 0.15) is 0 Å². The van der Waals surface area contributed by atoms with Gasteiger partial charge in [-0.15, -0.1) is 0 Å². The Bertz CT molecular complexity index is 531. The number of nitrogens with one attached hydrogen (secondary N) is 1. The highest BCUT2D eigenvalue weighted by molar-refractivity contribution is 5.87. The van der Waals surface area contributed by atoms with E-state index in [1.54, 1.807) is 18.3 Å². The fourth-order valence-electron chi connectivity index (χ4n) is 1.67. The highest BCUT2D eigenvalue weighted by Gasteiger charge is 2.02. The van der Waals surface area contributed by atoms with E-state index < -0.39 is 5.97 Å². The Morgan fingerprint density at radius 2 is 2.00 bits per heavy atom. The molecule has 0 amide bonds. The molecule has 0 saturated carbocycles. The SMILES string of the molecule is Cn1nccc1CNCc1ccc(C(=O)O)cc1. The predicted octanol–water partition coefficient (Wildman–Crippen LogP) is 1.41. The van der Waals surface area contributed by atoms with Gasteiger partial charge in [-0.25, -0.2) is 4.79 Å². The summed E-state index contributed by atoms with van der Waals surface area (Å²) < 4.78 is 1.82. The Hall–Kier alpha value is -2.14. The molecule has 0 saturated heterocycles. The molecule has 1 aromatic heterocycles. The van der Waals surface area contributed by atoms with Crippen molar-refractivity contribution in [3.05, 3.63) is 53.3 Å². The first-order valence-electron chi connectivity index (χ1n) is 5.66. The zero-order chi connectivity index (χ0) is 13.0. The van der Waals surface area contributed by atoms with Crippen molar-refractivity contribution in [1.29, 1.82) is 0 Å². The third kappa shape index (κ3) is 2.95. The molecule has 0 radical (unpaired) electrons. The average Bonchev–Trinajstić information content (AvgIpc) is 2.76. The molecule has 2 N–H and O–H groups in total. The fraction of sp³-hybridized carbons (Fsp3) is 0.231. The maximum Gasteiger partial charge on any atom is 0.335 e. The topological polar surface area (TPSA) is 67.2 Å². The minimum atomic E-state index is -0.899. The Labute approximate surface area is 105 Å². The van der Waals surface area contributed by atoms with Gasteiger partial charge in [0.25, 0.3) is 0 Å². The van der Waals surface area contributed by atoms with Crippen LogP contribution < -0.4 is 5.32 Å². The van der Waals surface area contributed by atoms with Crippen LogP contribution in [0.5, 0.6) is 0 Å². The zero-order valence-corrected chi connectivity index (χ0v) is 10.1. The van der Waals surface area contributed by atoms with Gasteiger partial charge in [0, 0.05) is 26.3 Å². The van der Waals surface area contributed by atoms with Gasteiger partial charge in [0.15, 0.2) is 0 Å². The molecule has 0 aliphatic rings. The van der Waals surface area contributed by atoms with Crippen LogP contribution in [0.4, 0.5) is 0 Å². The van der Waals surface area contributed by atoms with Gasteiger partial charge in [0.05, 0.1) is 11.3 Å². The van der Waals surface area contributed by atoms with Crippen molar-refractivity contribution >= 4 is 5.97 Å². The number of carbonyl (C=O) groups is 1. The number of nitrogens with zero attached hydrogens (tertiary/aromatic N) is 2. The maximum atomic E-state index is 10.7. The van der Waals surface area contributed by atoms with E-state index in [4.69, 9.17) is 5.11 Å². The van der Waals surface area contributed by atoms with E-state index in [-0.39, 0.29) is 0 Å². The number of hydrogen-bond acceptors (Lipinski definition) is 3. The van der Waals surface area contributed by atoms with Gasteiger partial charge in [0.2, 0.25) is 0 Å². The molecule has 2 aromatic rings. The number of hydrogen-bond donors (Lipinski definition) is 2. The van der Waals surface area contributed by atoms with Crippen LogP contribution in [0, 0.1) is 0 Å². The summed E-state index contributed by atoms with van der Waals surface area (Å²) in [7, 11) is 1.90. The van der Waals surface area contributed by atoms with Gasteiger partial charge >= 0.3 is 5.97 Å². The summed E-state index contributed by atoms with van der Waals surface area (Å²) >= 11 is 0. The number of aryl methyl sites for hydroxylation is 1. The highest BCUT2D eigenvalue weighted by Crippen LogP contribution is 2.04. The molecular weight excluding hydrogens is 230 g/mol. The van der Waals surface area contributed by atoms with Crippen LogP contribution in [-0.4, -0.2) is 20.9 Å². The predicted molar refractivity (Wildman–Crippen MR) is 67.2 cm³/mol. The van der Waals surface area contributed by atoms with Crippen molar-refractivity contribution in [3.63, 3.8) is 0 Å². The lowest BCUT2D eigenvalue weighted by molar-refractivity contribution is 0.0697. The van der Waals surface area contributed by atoms with E-state index in [1.165, 1.54) is 0 Å². The normalized spacial score (nSPS) is 10.5. The molecule has 1 aromatic carbocycles. The Morgan fingerprint density at radius 1 is 1.28 bits per heavy atom. The third-order valence-corrected chi connectivity index (χ3v) is 2.76. The summed E-state index contributed by atoms with van der Waals surface area (Å²) in [6.45, 7) is 1.43. The van der Waals surface area contributed by atoms with Crippen molar-refractivity contribution in [2.75, 3.05) is 0 Å². The van der Waals surface area contributed by atoms with Crippen molar-refractivity contribution in [2.24, 2.45) is 7.05 Å². The van der Waals surface area contributed by atoms with Crippen LogP contribution in [0.3, 0.4) is 0 Å². The highest BCUT2D eigenvalue weighted by atomic mass is 16.4. The lowest BCUT2D eigenvalue weighted by Gasteiger charge is -2.05. The summed E-state index contributed by atoms with van der Waals surface area (Å²) in [5, 5.41) is 16.2. The summed E-state index contributed by atoms with van der Waals surface area (Å²) in [4.78, 5) is 10.7. The van der Waals surface area contributed by atoms with Crippen LogP contribution >= 0.6 is 0 Å². The second kappa shape index (κ2) is 5.46. The first kappa shape index (κ1) is 12.3. The molecule has 0 aliphatic carbocycles. The zero-order valence-electron chi connectivity index (χ0n) is 10.1. The van der Waals surface area contributed by atoms with Crippen molar-refractivity contribution in [1.82, 2.24) is 15.1 Å². The average molecular weight is 245 g/mol. The van der Waals surface area contributed by atoms with Crippen LogP contribution in [0.25, 0.3) is 0 Å². The first-order valence-corrected chi connectivity index (χ1v) is 5.66. The van der Waals surface area contributed by atoms with E-state index in [2.05, 4.69) is 10.4 Å². The smallest absolute Gasteiger partial charge is 0.335 e. The van der Waals surface area contributed by atoms with Crippen LogP contribution in [-0.2, 0) is 20.1 Å². The maximum absolute atomic E-state index is 10.7. The molecule has 0 unspecified atom stereocenters. The lowest BCUT2D eigenvalue weighted by Crippen LogP contribution is -2.15. The summed E-state index contributed by atoms with van der Waals surface area (Å²) in [6, 6.07) is 8.83. The van der Waals surface area contributed by atoms with E-state index in [1.807, 2.05) is 29.9 Å². The van der Waals surface area contributed by atoms with E-state index in [9.17, 15) is 4.79 Å². The van der Waals surface area contributed by atoms with Crippen molar-refractivity contribution in [3.8, 4) is 0 Å². The summed E-state index contributed by atoms with van der Waals surface area (Å²) in [6.07, 6.45) is 1.76. The van der Waals surface area contributed by atoms with Gasteiger partial charge < -0.3 is 10.4 Å². The van der Waals surface area contributed by atoms with Gasteiger partial charge in [-0.05, 0) is 23.8 Å². The van der Waals surface area contributed by atoms with Crippen LogP contribution in [0.1, 0.15) is 21.6 Å². The molecule has 2 rings (SSSR count). The van der Waals surface area contributed by atoms with E-state index in [0.29, 0.717) is 12.1 Å². The van der Waals surface area contributed by atoms with Gasteiger partial charge in [-0.2, -0.15) is 5.10 Å². The number of carboxylic acids is 1. The minimum absolute atomic E-state index is 0.311. The largest absolute Gasteiger partial charge is 0.478 e. The summed E-state index contributed by atoms with van der Waals surface area (Å²) in [5.41, 5.74) is 2.48. The third-order valence-electron chi connectivity index (χ3n) is 2.76. The number of carboxylic acid groups (broad SMARTS) is 1. The Morgan fingerprint density at radius 3 is 2.56 bits per heavy atom. The van der Waals surface area contributed by atoms with E-state index in [0.717, 1.165) is 17.8 Å². The van der Waals surface area contributed by atoms with Gasteiger partial charge in [-0.3, -0.25) is 4.68 Å². The van der Waals surface area contributed by atoms with Crippen LogP contribution in [0.15, 0.2) is 36.5 Å². The monoisotopic (exact) mass is 245 g/mol. The number of aromatic nitrogens is 2. The number of benzene rings is 1. The Kier molecular flexibility index (Phi) is 3.74. The quantitative estimate of drug-likeness (QED) is 0.835. The first-order chi connectivity index (χ1) is 8.66.